The minimum Gasteiger partial charge on any atom is -0.170 e. The molecule has 0 saturated carbocycles. The van der Waals surface area contributed by atoms with Gasteiger partial charge in [-0.25, -0.2) is 0 Å². The Morgan fingerprint density at radius 2 is 1.73 bits per heavy atom. The van der Waals surface area contributed by atoms with Gasteiger partial charge in [0.05, 0.1) is 0 Å². The molecule has 0 radical (unpaired) electrons. The highest BCUT2D eigenvalue weighted by molar-refractivity contribution is 7.85. The molecule has 0 N–H and O–H groups in total. The van der Waals surface area contributed by atoms with Gasteiger partial charge in [0, 0.05) is 0 Å². The third kappa shape index (κ3) is 5.93. The predicted octanol–water partition coefficient (Wildman–Crippen LogP) is 2.21. The molecule has 66 valence electrons. The van der Waals surface area contributed by atoms with Gasteiger partial charge in [-0.15, -0.1) is 4.40 Å². The summed E-state index contributed by atoms with van der Waals surface area (Å²) in [5.74, 6) is 0. The maximum Gasteiger partial charge on any atom is 0.419 e. The minimum absolute atomic E-state index is 0.968. The summed E-state index contributed by atoms with van der Waals surface area (Å²) in [5.41, 5.74) is 0. The average molecular weight is 263 g/mol. The Labute approximate surface area is 82.4 Å². The molecule has 0 saturated heterocycles. The van der Waals surface area contributed by atoms with E-state index in [0.29, 0.717) is 0 Å². The highest BCUT2D eigenvalue weighted by atomic mass is 35.6. The van der Waals surface area contributed by atoms with Crippen LogP contribution in [0, 0.1) is 0 Å². The van der Waals surface area contributed by atoms with E-state index >= 15 is 0 Å². The zero-order valence-electron chi connectivity index (χ0n) is 4.56. The number of hydrogen-bond donors (Lipinski definition) is 0. The first-order valence-corrected chi connectivity index (χ1v) is 4.75. The molecule has 3 nitrogen and oxygen atoms in total. The summed E-state index contributed by atoms with van der Waals surface area (Å²) in [4.78, 5) is 0. The summed E-state index contributed by atoms with van der Waals surface area (Å²) in [6, 6.07) is 0. The minimum atomic E-state index is -5.10. The van der Waals surface area contributed by atoms with Crippen LogP contribution in [0.3, 0.4) is 0 Å². The van der Waals surface area contributed by atoms with Gasteiger partial charge in [-0.3, -0.25) is 0 Å². The van der Waals surface area contributed by atoms with Crippen LogP contribution in [0.4, 0.5) is 3.89 Å². The van der Waals surface area contributed by atoms with E-state index in [9.17, 15) is 12.3 Å². The molecular formula is C2Cl4FNO2S. The van der Waals surface area contributed by atoms with E-state index in [2.05, 4.69) is 4.40 Å². The lowest BCUT2D eigenvalue weighted by Crippen LogP contribution is -2.13. The van der Waals surface area contributed by atoms with E-state index in [-0.39, 0.29) is 0 Å². The number of nitrogens with zero attached hydrogens (tertiary/aromatic N) is 1. The highest BCUT2D eigenvalue weighted by Crippen LogP contribution is 2.30. The average Bonchev–Trinajstić information content (AvgIpc) is 1.56. The second-order valence-electron chi connectivity index (χ2n) is 1.29. The molecule has 0 unspecified atom stereocenters. The van der Waals surface area contributed by atoms with Crippen molar-refractivity contribution in [2.75, 3.05) is 0 Å². The van der Waals surface area contributed by atoms with Crippen LogP contribution in [-0.2, 0) is 10.4 Å². The Morgan fingerprint density at radius 1 is 1.36 bits per heavy atom. The van der Waals surface area contributed by atoms with Gasteiger partial charge >= 0.3 is 10.4 Å². The molecule has 0 spiro atoms. The molecule has 0 aliphatic carbocycles. The van der Waals surface area contributed by atoms with E-state index in [0.717, 1.165) is 0 Å². The molecular weight excluding hydrogens is 263 g/mol. The lowest BCUT2D eigenvalue weighted by atomic mass is 10.8. The third-order valence-electron chi connectivity index (χ3n) is 0.423. The van der Waals surface area contributed by atoms with E-state index in [1.807, 2.05) is 0 Å². The van der Waals surface area contributed by atoms with E-state index in [1.165, 1.54) is 0 Å². The molecule has 0 aliphatic rings. The lowest BCUT2D eigenvalue weighted by molar-refractivity contribution is 0.554. The Balaban J connectivity index is 4.78. The van der Waals surface area contributed by atoms with Crippen LogP contribution >= 0.6 is 46.4 Å². The molecule has 9 heteroatoms. The maximum absolute atomic E-state index is 11.7. The number of hydrogen-bond acceptors (Lipinski definition) is 2. The van der Waals surface area contributed by atoms with Crippen molar-refractivity contribution in [1.82, 2.24) is 0 Å². The van der Waals surface area contributed by atoms with Crippen LogP contribution in [0.5, 0.6) is 0 Å². The van der Waals surface area contributed by atoms with Crippen LogP contribution in [0.25, 0.3) is 0 Å². The fourth-order valence-corrected chi connectivity index (χ4v) is 1.00. The molecule has 0 rings (SSSR count). The zero-order valence-corrected chi connectivity index (χ0v) is 8.40. The zero-order chi connectivity index (χ0) is 9.28. The molecule has 0 fully saturated rings. The smallest absolute Gasteiger partial charge is 0.170 e. The largest absolute Gasteiger partial charge is 0.419 e. The predicted molar refractivity (Wildman–Crippen MR) is 43.6 cm³/mol. The Bertz CT molecular complexity index is 266. The van der Waals surface area contributed by atoms with E-state index < -0.39 is 19.4 Å². The summed E-state index contributed by atoms with van der Waals surface area (Å²) >= 11 is 20.1. The van der Waals surface area contributed by atoms with Crippen LogP contribution in [0.1, 0.15) is 0 Å². The van der Waals surface area contributed by atoms with Gasteiger partial charge in [0.1, 0.15) is 0 Å². The van der Waals surface area contributed by atoms with Gasteiger partial charge in [-0.2, -0.15) is 8.42 Å². The molecule has 0 aromatic heterocycles. The van der Waals surface area contributed by atoms with Gasteiger partial charge in [0.2, 0.25) is 3.79 Å². The first kappa shape index (κ1) is 11.7. The van der Waals surface area contributed by atoms with E-state index in [1.54, 1.807) is 0 Å². The van der Waals surface area contributed by atoms with E-state index in [4.69, 9.17) is 46.4 Å². The van der Waals surface area contributed by atoms with Crippen LogP contribution in [0.15, 0.2) is 4.40 Å². The second kappa shape index (κ2) is 3.62. The Hall–Kier alpha value is 0.710. The Morgan fingerprint density at radius 3 is 1.82 bits per heavy atom. The number of halogens is 5. The van der Waals surface area contributed by atoms with Crippen molar-refractivity contribution in [2.24, 2.45) is 4.40 Å². The molecule has 0 aromatic carbocycles. The van der Waals surface area contributed by atoms with Crippen molar-refractivity contribution >= 4 is 62.0 Å². The molecule has 0 amide bonds. The summed E-state index contributed by atoms with van der Waals surface area (Å²) in [6.45, 7) is 0. The van der Waals surface area contributed by atoms with Crippen LogP contribution in [0.2, 0.25) is 0 Å². The third-order valence-corrected chi connectivity index (χ3v) is 2.12. The van der Waals surface area contributed by atoms with Gasteiger partial charge < -0.3 is 0 Å². The fraction of sp³-hybridized carbons (Fsp3) is 0.500. The number of alkyl halides is 3. The summed E-state index contributed by atoms with van der Waals surface area (Å²) in [7, 11) is -5.10. The van der Waals surface area contributed by atoms with Crippen molar-refractivity contribution in [2.45, 2.75) is 3.79 Å². The Kier molecular flexibility index (Phi) is 3.85. The lowest BCUT2D eigenvalue weighted by Gasteiger charge is -2.04. The van der Waals surface area contributed by atoms with Crippen molar-refractivity contribution in [3.05, 3.63) is 0 Å². The molecule has 0 aliphatic heterocycles. The highest BCUT2D eigenvalue weighted by Gasteiger charge is 2.28. The molecule has 0 bridgehead atoms. The molecule has 0 aromatic rings. The standard InChI is InChI=1S/C2Cl4FNO2S/c3-1(2(4,5)6)8-11(7,9)10. The van der Waals surface area contributed by atoms with Crippen molar-refractivity contribution in [3.63, 3.8) is 0 Å². The fourth-order valence-electron chi connectivity index (χ4n) is 0.147. The molecule has 0 heterocycles. The number of rotatable bonds is 1. The van der Waals surface area contributed by atoms with Crippen molar-refractivity contribution in [3.8, 4) is 0 Å². The topological polar surface area (TPSA) is 46.5 Å². The molecule has 0 atom stereocenters. The quantitative estimate of drug-likeness (QED) is 0.413. The van der Waals surface area contributed by atoms with Crippen LogP contribution < -0.4 is 0 Å². The second-order valence-corrected chi connectivity index (χ2v) is 4.94. The van der Waals surface area contributed by atoms with Gasteiger partial charge in [0.15, 0.2) is 5.17 Å². The van der Waals surface area contributed by atoms with Gasteiger partial charge in [-0.05, 0) is 0 Å². The first-order valence-electron chi connectivity index (χ1n) is 1.90. The monoisotopic (exact) mass is 261 g/mol. The maximum atomic E-state index is 11.7. The van der Waals surface area contributed by atoms with Crippen molar-refractivity contribution < 1.29 is 12.3 Å². The summed E-state index contributed by atoms with van der Waals surface area (Å²) < 4.78 is 31.3. The SMILES string of the molecule is O=S(=O)(F)N=C(Cl)C(Cl)(Cl)Cl. The normalized spacial score (nSPS) is 15.2. The van der Waals surface area contributed by atoms with Gasteiger partial charge in [-0.1, -0.05) is 50.3 Å². The molecule has 11 heavy (non-hydrogen) atoms. The van der Waals surface area contributed by atoms with Crippen molar-refractivity contribution in [1.29, 1.82) is 0 Å². The summed E-state index contributed by atoms with van der Waals surface area (Å²) in [5, 5.41) is -0.968. The first-order chi connectivity index (χ1) is 4.63. The van der Waals surface area contributed by atoms with Gasteiger partial charge in [0.25, 0.3) is 0 Å². The van der Waals surface area contributed by atoms with Crippen LogP contribution in [-0.4, -0.2) is 17.4 Å². The summed E-state index contributed by atoms with van der Waals surface area (Å²) in [6.07, 6.45) is 0.